The van der Waals surface area contributed by atoms with Crippen LogP contribution in [0.25, 0.3) is 6.08 Å². The van der Waals surface area contributed by atoms with Crippen LogP contribution in [0.5, 0.6) is 0 Å². The van der Waals surface area contributed by atoms with Crippen molar-refractivity contribution in [2.45, 2.75) is 26.3 Å². The molecular weight excluding hydrogens is 306 g/mol. The van der Waals surface area contributed by atoms with E-state index in [1.54, 1.807) is 25.4 Å². The summed E-state index contributed by atoms with van der Waals surface area (Å²) >= 11 is 0. The number of ketones is 1. The molecule has 0 aliphatic carbocycles. The van der Waals surface area contributed by atoms with Gasteiger partial charge in [-0.05, 0) is 26.0 Å². The normalized spacial score (nSPS) is 21.4. The van der Waals surface area contributed by atoms with E-state index >= 15 is 0 Å². The number of nitrogens with zero attached hydrogens (tertiary/aromatic N) is 5. The van der Waals surface area contributed by atoms with Crippen LogP contribution in [0.3, 0.4) is 0 Å². The number of likely N-dealkylation sites (N-methyl/N-ethyl adjacent to an activating group) is 1. The maximum absolute atomic E-state index is 11.9. The van der Waals surface area contributed by atoms with Gasteiger partial charge in [0, 0.05) is 45.5 Å². The van der Waals surface area contributed by atoms with Crippen LogP contribution in [0.4, 0.5) is 5.95 Å². The number of Topliss-reactive ketones (excluding diaryl/α,β-unsaturated/α-hetero) is 1. The van der Waals surface area contributed by atoms with E-state index in [9.17, 15) is 9.59 Å². The quantitative estimate of drug-likeness (QED) is 0.603. The number of carbonyl (C=O) groups excluding carboxylic acids is 2. The summed E-state index contributed by atoms with van der Waals surface area (Å²) in [5.74, 6) is 0.339. The molecular formula is C17H23N5O2. The zero-order chi connectivity index (χ0) is 17.3. The average molecular weight is 329 g/mol. The lowest BCUT2D eigenvalue weighted by molar-refractivity contribution is -0.126. The predicted molar refractivity (Wildman–Crippen MR) is 91.3 cm³/mol. The fourth-order valence-electron chi connectivity index (χ4n) is 3.02. The molecule has 2 aliphatic heterocycles. The van der Waals surface area contributed by atoms with Crippen molar-refractivity contribution in [1.82, 2.24) is 19.8 Å². The minimum absolute atomic E-state index is 0.0581. The van der Waals surface area contributed by atoms with Gasteiger partial charge in [0.05, 0.1) is 17.8 Å². The molecule has 0 aromatic carbocycles. The van der Waals surface area contributed by atoms with Gasteiger partial charge < -0.3 is 9.80 Å². The third-order valence-electron chi connectivity index (χ3n) is 4.61. The van der Waals surface area contributed by atoms with Crippen molar-refractivity contribution in [2.24, 2.45) is 0 Å². The minimum atomic E-state index is -0.176. The Morgan fingerprint density at radius 2 is 1.88 bits per heavy atom. The van der Waals surface area contributed by atoms with E-state index in [2.05, 4.69) is 33.6 Å². The van der Waals surface area contributed by atoms with E-state index in [4.69, 9.17) is 0 Å². The summed E-state index contributed by atoms with van der Waals surface area (Å²) in [6.07, 6.45) is 3.31. The smallest absolute Gasteiger partial charge is 0.234 e. The Labute approximate surface area is 142 Å². The first-order valence-electron chi connectivity index (χ1n) is 8.29. The standard InChI is InChI=1S/C17H23N5O2/c1-12(2)21-6-8-22(9-7-21)17-18-5-4-13(19-17)10-14-15(23)11-16(24)20(14)3/h4-5,10,12H,6-9,11H2,1-3H3/b14-10-. The number of hydrogen-bond donors (Lipinski definition) is 0. The zero-order valence-corrected chi connectivity index (χ0v) is 14.4. The van der Waals surface area contributed by atoms with Gasteiger partial charge in [0.15, 0.2) is 5.78 Å². The van der Waals surface area contributed by atoms with Gasteiger partial charge in [0.1, 0.15) is 0 Å². The van der Waals surface area contributed by atoms with Crippen LogP contribution in [0.2, 0.25) is 0 Å². The van der Waals surface area contributed by atoms with Gasteiger partial charge in [0.2, 0.25) is 11.9 Å². The van der Waals surface area contributed by atoms with Gasteiger partial charge in [-0.1, -0.05) is 0 Å². The van der Waals surface area contributed by atoms with Crippen LogP contribution in [0.15, 0.2) is 18.0 Å². The summed E-state index contributed by atoms with van der Waals surface area (Å²) in [4.78, 5) is 38.4. The van der Waals surface area contributed by atoms with Crippen LogP contribution >= 0.6 is 0 Å². The van der Waals surface area contributed by atoms with Gasteiger partial charge in [-0.3, -0.25) is 14.5 Å². The molecule has 2 aliphatic rings. The van der Waals surface area contributed by atoms with E-state index < -0.39 is 0 Å². The maximum atomic E-state index is 11.9. The molecule has 24 heavy (non-hydrogen) atoms. The number of anilines is 1. The molecule has 0 atom stereocenters. The van der Waals surface area contributed by atoms with Crippen molar-refractivity contribution in [1.29, 1.82) is 0 Å². The zero-order valence-electron chi connectivity index (χ0n) is 14.4. The van der Waals surface area contributed by atoms with E-state index in [0.717, 1.165) is 26.2 Å². The van der Waals surface area contributed by atoms with Crippen LogP contribution in [-0.4, -0.2) is 70.7 Å². The predicted octanol–water partition coefficient (Wildman–Crippen LogP) is 0.779. The van der Waals surface area contributed by atoms with Crippen molar-refractivity contribution in [2.75, 3.05) is 38.1 Å². The Morgan fingerprint density at radius 3 is 2.46 bits per heavy atom. The van der Waals surface area contributed by atoms with E-state index in [1.807, 2.05) is 0 Å². The summed E-state index contributed by atoms with van der Waals surface area (Å²) in [6.45, 7) is 8.15. The molecule has 0 spiro atoms. The lowest BCUT2D eigenvalue weighted by Crippen LogP contribution is -2.49. The molecule has 2 saturated heterocycles. The second-order valence-corrected chi connectivity index (χ2v) is 6.48. The van der Waals surface area contributed by atoms with Gasteiger partial charge in [-0.15, -0.1) is 0 Å². The highest BCUT2D eigenvalue weighted by Gasteiger charge is 2.30. The molecule has 7 nitrogen and oxygen atoms in total. The molecule has 0 bridgehead atoms. The lowest BCUT2D eigenvalue weighted by Gasteiger charge is -2.36. The maximum Gasteiger partial charge on any atom is 0.234 e. The van der Waals surface area contributed by atoms with E-state index in [0.29, 0.717) is 23.4 Å². The highest BCUT2D eigenvalue weighted by atomic mass is 16.2. The molecule has 0 N–H and O–H groups in total. The highest BCUT2D eigenvalue weighted by molar-refractivity contribution is 6.16. The second kappa shape index (κ2) is 6.68. The number of allylic oxidation sites excluding steroid dienone is 1. The highest BCUT2D eigenvalue weighted by Crippen LogP contribution is 2.20. The first-order valence-corrected chi connectivity index (χ1v) is 8.29. The Bertz CT molecular complexity index is 677. The Balaban J connectivity index is 1.76. The lowest BCUT2D eigenvalue weighted by atomic mass is 10.2. The average Bonchev–Trinajstić information content (AvgIpc) is 2.81. The van der Waals surface area contributed by atoms with Gasteiger partial charge in [0.25, 0.3) is 0 Å². The molecule has 7 heteroatoms. The molecule has 1 amide bonds. The summed E-state index contributed by atoms with van der Waals surface area (Å²) in [7, 11) is 1.62. The molecule has 3 rings (SSSR count). The number of aromatic nitrogens is 2. The Kier molecular flexibility index (Phi) is 4.62. The number of amides is 1. The summed E-state index contributed by atoms with van der Waals surface area (Å²) in [5, 5.41) is 0. The van der Waals surface area contributed by atoms with Crippen molar-refractivity contribution in [3.05, 3.63) is 23.7 Å². The van der Waals surface area contributed by atoms with Gasteiger partial charge in [-0.2, -0.15) is 0 Å². The van der Waals surface area contributed by atoms with Crippen molar-refractivity contribution >= 4 is 23.7 Å². The van der Waals surface area contributed by atoms with Crippen molar-refractivity contribution in [3.8, 4) is 0 Å². The molecule has 0 unspecified atom stereocenters. The molecule has 2 fully saturated rings. The molecule has 1 aromatic rings. The molecule has 3 heterocycles. The van der Waals surface area contributed by atoms with Crippen LogP contribution in [0.1, 0.15) is 26.0 Å². The third kappa shape index (κ3) is 3.31. The van der Waals surface area contributed by atoms with Crippen LogP contribution in [-0.2, 0) is 9.59 Å². The second-order valence-electron chi connectivity index (χ2n) is 6.48. The minimum Gasteiger partial charge on any atom is -0.338 e. The summed E-state index contributed by atoms with van der Waals surface area (Å²) < 4.78 is 0. The van der Waals surface area contributed by atoms with Crippen LogP contribution in [0, 0.1) is 0 Å². The topological polar surface area (TPSA) is 69.6 Å². The van der Waals surface area contributed by atoms with Crippen molar-refractivity contribution < 1.29 is 9.59 Å². The molecule has 1 aromatic heterocycles. The molecule has 0 saturated carbocycles. The number of hydrogen-bond acceptors (Lipinski definition) is 6. The SMILES string of the molecule is CC(C)N1CCN(c2nccc(/C=C3/C(=O)CC(=O)N3C)n2)CC1. The van der Waals surface area contributed by atoms with Crippen LogP contribution < -0.4 is 4.90 Å². The fraction of sp³-hybridized carbons (Fsp3) is 0.529. The third-order valence-corrected chi connectivity index (χ3v) is 4.61. The van der Waals surface area contributed by atoms with Gasteiger partial charge >= 0.3 is 0 Å². The number of carbonyl (C=O) groups is 2. The molecule has 0 radical (unpaired) electrons. The summed E-state index contributed by atoms with van der Waals surface area (Å²) in [6, 6.07) is 2.30. The largest absolute Gasteiger partial charge is 0.338 e. The van der Waals surface area contributed by atoms with E-state index in [1.165, 1.54) is 4.90 Å². The molecule has 128 valence electrons. The van der Waals surface area contributed by atoms with Crippen molar-refractivity contribution in [3.63, 3.8) is 0 Å². The Hall–Kier alpha value is -2.28. The Morgan fingerprint density at radius 1 is 1.17 bits per heavy atom. The number of piperazine rings is 1. The first kappa shape index (κ1) is 16.6. The van der Waals surface area contributed by atoms with E-state index in [-0.39, 0.29) is 18.1 Å². The monoisotopic (exact) mass is 329 g/mol. The number of rotatable bonds is 3. The summed E-state index contributed by atoms with van der Waals surface area (Å²) in [5.41, 5.74) is 1.05. The number of likely N-dealkylation sites (tertiary alicyclic amines) is 1. The first-order chi connectivity index (χ1) is 11.5. The van der Waals surface area contributed by atoms with Gasteiger partial charge in [-0.25, -0.2) is 9.97 Å². The fourth-order valence-corrected chi connectivity index (χ4v) is 3.02.